The summed E-state index contributed by atoms with van der Waals surface area (Å²) in [5, 5.41) is 2.85. The predicted molar refractivity (Wildman–Crippen MR) is 72.1 cm³/mol. The number of pyridine rings is 1. The maximum atomic E-state index is 11.8. The van der Waals surface area contributed by atoms with E-state index < -0.39 is 0 Å². The number of likely N-dealkylation sites (N-methyl/N-ethyl adjacent to an activating group) is 1. The van der Waals surface area contributed by atoms with Crippen LogP contribution in [0.2, 0.25) is 0 Å². The lowest BCUT2D eigenvalue weighted by Gasteiger charge is -2.20. The van der Waals surface area contributed by atoms with Crippen LogP contribution in [0.25, 0.3) is 0 Å². The number of nitrogens with one attached hydrogen (secondary N) is 2. The standard InChI is InChI=1S/C12H21N5O/c1-9(2)17(3)7-6-14-12(18)10-4-5-11(16-13)15-8-10/h4-5,8-9H,6-7,13H2,1-3H3,(H,14,18)(H,15,16). The molecule has 0 atom stereocenters. The van der Waals surface area contributed by atoms with E-state index in [0.717, 1.165) is 6.54 Å². The largest absolute Gasteiger partial charge is 0.351 e. The molecule has 0 unspecified atom stereocenters. The maximum absolute atomic E-state index is 11.8. The van der Waals surface area contributed by atoms with Crippen LogP contribution in [-0.4, -0.2) is 42.0 Å². The molecule has 1 amide bonds. The van der Waals surface area contributed by atoms with E-state index >= 15 is 0 Å². The van der Waals surface area contributed by atoms with E-state index in [-0.39, 0.29) is 5.91 Å². The van der Waals surface area contributed by atoms with Crippen molar-refractivity contribution in [2.75, 3.05) is 25.6 Å². The average molecular weight is 251 g/mol. The molecule has 0 radical (unpaired) electrons. The number of hydrogen-bond acceptors (Lipinski definition) is 5. The smallest absolute Gasteiger partial charge is 0.252 e. The summed E-state index contributed by atoms with van der Waals surface area (Å²) in [4.78, 5) is 17.9. The third-order valence-electron chi connectivity index (χ3n) is 2.81. The van der Waals surface area contributed by atoms with Crippen LogP contribution in [-0.2, 0) is 0 Å². The van der Waals surface area contributed by atoms with Crippen molar-refractivity contribution in [1.82, 2.24) is 15.2 Å². The second kappa shape index (κ2) is 6.93. The molecule has 4 N–H and O–H groups in total. The van der Waals surface area contributed by atoms with Crippen molar-refractivity contribution >= 4 is 11.7 Å². The molecular formula is C12H21N5O. The van der Waals surface area contributed by atoms with Crippen molar-refractivity contribution < 1.29 is 4.79 Å². The zero-order valence-electron chi connectivity index (χ0n) is 11.1. The quantitative estimate of drug-likeness (QED) is 0.504. The summed E-state index contributed by atoms with van der Waals surface area (Å²) in [5.74, 6) is 5.61. The molecule has 6 heteroatoms. The normalized spacial score (nSPS) is 10.8. The molecule has 0 saturated carbocycles. The van der Waals surface area contributed by atoms with E-state index in [0.29, 0.717) is 24.0 Å². The highest BCUT2D eigenvalue weighted by Gasteiger charge is 2.07. The monoisotopic (exact) mass is 251 g/mol. The summed E-state index contributed by atoms with van der Waals surface area (Å²) in [6, 6.07) is 3.82. The first kappa shape index (κ1) is 14.4. The van der Waals surface area contributed by atoms with Crippen LogP contribution in [0.5, 0.6) is 0 Å². The predicted octanol–water partition coefficient (Wildman–Crippen LogP) is 0.437. The van der Waals surface area contributed by atoms with E-state index in [1.807, 2.05) is 7.05 Å². The van der Waals surface area contributed by atoms with Gasteiger partial charge in [0.15, 0.2) is 0 Å². The number of rotatable bonds is 6. The van der Waals surface area contributed by atoms with Gasteiger partial charge >= 0.3 is 0 Å². The van der Waals surface area contributed by atoms with Gasteiger partial charge in [-0.25, -0.2) is 10.8 Å². The van der Waals surface area contributed by atoms with Crippen molar-refractivity contribution in [3.05, 3.63) is 23.9 Å². The van der Waals surface area contributed by atoms with Crippen molar-refractivity contribution in [3.63, 3.8) is 0 Å². The van der Waals surface area contributed by atoms with Gasteiger partial charge in [-0.2, -0.15) is 0 Å². The van der Waals surface area contributed by atoms with E-state index in [9.17, 15) is 4.79 Å². The van der Waals surface area contributed by atoms with Crippen LogP contribution in [0, 0.1) is 0 Å². The van der Waals surface area contributed by atoms with E-state index in [1.54, 1.807) is 12.1 Å². The first-order valence-corrected chi connectivity index (χ1v) is 5.95. The SMILES string of the molecule is CC(C)N(C)CCNC(=O)c1ccc(NN)nc1. The molecule has 100 valence electrons. The van der Waals surface area contributed by atoms with Crippen LogP contribution >= 0.6 is 0 Å². The number of aromatic nitrogens is 1. The summed E-state index contributed by atoms with van der Waals surface area (Å²) in [5.41, 5.74) is 2.94. The molecule has 0 spiro atoms. The fraction of sp³-hybridized carbons (Fsp3) is 0.500. The average Bonchev–Trinajstić information content (AvgIpc) is 2.38. The number of anilines is 1. The Morgan fingerprint density at radius 3 is 2.72 bits per heavy atom. The minimum atomic E-state index is -0.122. The summed E-state index contributed by atoms with van der Waals surface area (Å²) in [6.45, 7) is 5.66. The lowest BCUT2D eigenvalue weighted by Crippen LogP contribution is -2.36. The summed E-state index contributed by atoms with van der Waals surface area (Å²) in [7, 11) is 2.03. The lowest BCUT2D eigenvalue weighted by atomic mass is 10.2. The Labute approximate surface area is 108 Å². The van der Waals surface area contributed by atoms with Crippen LogP contribution in [0.4, 0.5) is 5.82 Å². The number of nitrogens with zero attached hydrogens (tertiary/aromatic N) is 2. The Balaban J connectivity index is 2.40. The number of nitrogens with two attached hydrogens (primary N) is 1. The van der Waals surface area contributed by atoms with E-state index in [4.69, 9.17) is 5.84 Å². The van der Waals surface area contributed by atoms with Gasteiger partial charge in [0.05, 0.1) is 5.56 Å². The first-order valence-electron chi connectivity index (χ1n) is 5.95. The molecule has 0 bridgehead atoms. The zero-order valence-corrected chi connectivity index (χ0v) is 11.1. The molecule has 6 nitrogen and oxygen atoms in total. The fourth-order valence-corrected chi connectivity index (χ4v) is 1.32. The van der Waals surface area contributed by atoms with Gasteiger partial charge in [0.2, 0.25) is 0 Å². The highest BCUT2D eigenvalue weighted by Crippen LogP contribution is 2.03. The molecule has 0 aliphatic carbocycles. The van der Waals surface area contributed by atoms with Crippen LogP contribution in [0.3, 0.4) is 0 Å². The van der Waals surface area contributed by atoms with Gasteiger partial charge in [0.25, 0.3) is 5.91 Å². The van der Waals surface area contributed by atoms with Crippen LogP contribution < -0.4 is 16.6 Å². The third-order valence-corrected chi connectivity index (χ3v) is 2.81. The van der Waals surface area contributed by atoms with E-state index in [1.165, 1.54) is 6.20 Å². The van der Waals surface area contributed by atoms with Gasteiger partial charge in [-0.05, 0) is 33.0 Å². The Morgan fingerprint density at radius 2 is 2.22 bits per heavy atom. The number of amides is 1. The van der Waals surface area contributed by atoms with Gasteiger partial charge in [0, 0.05) is 25.3 Å². The Morgan fingerprint density at radius 1 is 1.50 bits per heavy atom. The van der Waals surface area contributed by atoms with Gasteiger partial charge in [-0.15, -0.1) is 0 Å². The highest BCUT2D eigenvalue weighted by atomic mass is 16.1. The number of hydrogen-bond donors (Lipinski definition) is 3. The number of carbonyl (C=O) groups excluding carboxylic acids is 1. The molecule has 0 fully saturated rings. The molecule has 0 aliphatic heterocycles. The first-order chi connectivity index (χ1) is 8.54. The molecule has 0 aromatic carbocycles. The molecular weight excluding hydrogens is 230 g/mol. The van der Waals surface area contributed by atoms with Crippen LogP contribution in [0.15, 0.2) is 18.3 Å². The molecule has 1 aromatic heterocycles. The Kier molecular flexibility index (Phi) is 5.54. The number of hydrazine groups is 1. The summed E-state index contributed by atoms with van der Waals surface area (Å²) < 4.78 is 0. The molecule has 0 aliphatic rings. The van der Waals surface area contributed by atoms with Crippen molar-refractivity contribution in [3.8, 4) is 0 Å². The fourth-order valence-electron chi connectivity index (χ4n) is 1.32. The molecule has 0 saturated heterocycles. The number of nitrogen functional groups attached to an aromatic ring is 1. The second-order valence-electron chi connectivity index (χ2n) is 4.41. The van der Waals surface area contributed by atoms with Gasteiger partial charge in [0.1, 0.15) is 5.82 Å². The highest BCUT2D eigenvalue weighted by molar-refractivity contribution is 5.94. The van der Waals surface area contributed by atoms with Crippen LogP contribution in [0.1, 0.15) is 24.2 Å². The zero-order chi connectivity index (χ0) is 13.5. The number of carbonyl (C=O) groups is 1. The molecule has 18 heavy (non-hydrogen) atoms. The molecule has 1 heterocycles. The van der Waals surface area contributed by atoms with Crippen molar-refractivity contribution in [1.29, 1.82) is 0 Å². The Hall–Kier alpha value is -1.66. The van der Waals surface area contributed by atoms with Gasteiger partial charge in [-0.1, -0.05) is 0 Å². The molecule has 1 rings (SSSR count). The molecule has 1 aromatic rings. The topological polar surface area (TPSA) is 83.3 Å². The second-order valence-corrected chi connectivity index (χ2v) is 4.41. The minimum absolute atomic E-state index is 0.122. The summed E-state index contributed by atoms with van der Waals surface area (Å²) in [6.07, 6.45) is 1.50. The summed E-state index contributed by atoms with van der Waals surface area (Å²) >= 11 is 0. The van der Waals surface area contributed by atoms with Crippen molar-refractivity contribution in [2.45, 2.75) is 19.9 Å². The maximum Gasteiger partial charge on any atom is 0.252 e. The third kappa shape index (κ3) is 4.31. The Bertz CT molecular complexity index is 377. The van der Waals surface area contributed by atoms with Gasteiger partial charge in [-0.3, -0.25) is 4.79 Å². The van der Waals surface area contributed by atoms with E-state index in [2.05, 4.69) is 34.5 Å². The minimum Gasteiger partial charge on any atom is -0.351 e. The van der Waals surface area contributed by atoms with Crippen molar-refractivity contribution in [2.24, 2.45) is 5.84 Å². The lowest BCUT2D eigenvalue weighted by molar-refractivity contribution is 0.0947. The van der Waals surface area contributed by atoms with Gasteiger partial charge < -0.3 is 15.6 Å².